The van der Waals surface area contributed by atoms with Crippen LogP contribution in [0.2, 0.25) is 0 Å². The third kappa shape index (κ3) is 3.72. The molecule has 2 fully saturated rings. The fourth-order valence-corrected chi connectivity index (χ4v) is 3.31. The highest BCUT2D eigenvalue weighted by Crippen LogP contribution is 2.40. The molecule has 1 atom stereocenters. The second-order valence-electron chi connectivity index (χ2n) is 7.48. The molecule has 1 aliphatic carbocycles. The molecule has 1 aromatic heterocycles. The van der Waals surface area contributed by atoms with Crippen molar-refractivity contribution in [2.45, 2.75) is 45.2 Å². The van der Waals surface area contributed by atoms with Gasteiger partial charge in [0.15, 0.2) is 0 Å². The van der Waals surface area contributed by atoms with Crippen molar-refractivity contribution in [1.82, 2.24) is 9.97 Å². The number of nitrogens with zero attached hydrogens (tertiary/aromatic N) is 3. The number of aromatic nitrogens is 2. The van der Waals surface area contributed by atoms with Crippen molar-refractivity contribution in [1.29, 1.82) is 0 Å². The number of nitrogens with one attached hydrogen (secondary N) is 1. The number of rotatable bonds is 6. The van der Waals surface area contributed by atoms with Gasteiger partial charge in [-0.1, -0.05) is 26.0 Å². The molecule has 1 unspecified atom stereocenters. The second-order valence-corrected chi connectivity index (χ2v) is 7.48. The van der Waals surface area contributed by atoms with Gasteiger partial charge in [0.05, 0.1) is 6.04 Å². The van der Waals surface area contributed by atoms with Gasteiger partial charge in [0.25, 0.3) is 0 Å². The van der Waals surface area contributed by atoms with Crippen LogP contribution in [-0.2, 0) is 11.3 Å². The zero-order valence-corrected chi connectivity index (χ0v) is 15.5. The Labute approximate surface area is 157 Å². The molecule has 1 N–H and O–H groups in total. The number of hydrogen-bond acceptors (Lipinski definition) is 5. The summed E-state index contributed by atoms with van der Waals surface area (Å²) in [5.41, 5.74) is 1.64. The van der Waals surface area contributed by atoms with Crippen LogP contribution < -0.4 is 10.2 Å². The average molecular weight is 370 g/mol. The maximum absolute atomic E-state index is 14.3. The molecule has 1 saturated heterocycles. The first-order valence-electron chi connectivity index (χ1n) is 9.34. The smallest absolute Gasteiger partial charge is 0.415 e. The number of anilines is 2. The lowest BCUT2D eigenvalue weighted by Gasteiger charge is -2.23. The molecule has 7 heteroatoms. The van der Waals surface area contributed by atoms with E-state index in [-0.39, 0.29) is 24.3 Å². The monoisotopic (exact) mass is 370 g/mol. The summed E-state index contributed by atoms with van der Waals surface area (Å²) in [6.45, 7) is 4.70. The summed E-state index contributed by atoms with van der Waals surface area (Å²) in [5.74, 6) is 1.38. The fourth-order valence-electron chi connectivity index (χ4n) is 3.31. The van der Waals surface area contributed by atoms with Crippen LogP contribution in [0.3, 0.4) is 0 Å². The van der Waals surface area contributed by atoms with Gasteiger partial charge in [-0.2, -0.15) is 4.98 Å². The molecule has 4 rings (SSSR count). The van der Waals surface area contributed by atoms with E-state index in [0.717, 1.165) is 18.4 Å². The molecule has 27 heavy (non-hydrogen) atoms. The first-order chi connectivity index (χ1) is 13.0. The van der Waals surface area contributed by atoms with E-state index in [1.165, 1.54) is 0 Å². The third-order valence-electron chi connectivity index (χ3n) is 5.13. The van der Waals surface area contributed by atoms with E-state index in [1.807, 2.05) is 26.0 Å². The van der Waals surface area contributed by atoms with Gasteiger partial charge in [-0.05, 0) is 42.4 Å². The SMILES string of the molecule is CC(C)C1COC(=O)N1c1ccnc(NCc2ccc(C3CC3)cc2F)n1. The summed E-state index contributed by atoms with van der Waals surface area (Å²) in [6.07, 6.45) is 3.47. The number of amides is 1. The van der Waals surface area contributed by atoms with Crippen molar-refractivity contribution >= 4 is 17.9 Å². The van der Waals surface area contributed by atoms with Crippen molar-refractivity contribution in [3.05, 3.63) is 47.4 Å². The summed E-state index contributed by atoms with van der Waals surface area (Å²) >= 11 is 0. The van der Waals surface area contributed by atoms with Gasteiger partial charge in [-0.15, -0.1) is 0 Å². The Balaban J connectivity index is 1.47. The minimum atomic E-state index is -0.403. The Kier molecular flexibility index (Phi) is 4.68. The summed E-state index contributed by atoms with van der Waals surface area (Å²) < 4.78 is 19.5. The number of cyclic esters (lactones) is 1. The predicted molar refractivity (Wildman–Crippen MR) is 100 cm³/mol. The van der Waals surface area contributed by atoms with Crippen LogP contribution in [0.15, 0.2) is 30.5 Å². The van der Waals surface area contributed by atoms with Gasteiger partial charge in [-0.25, -0.2) is 14.2 Å². The molecular weight excluding hydrogens is 347 g/mol. The summed E-state index contributed by atoms with van der Waals surface area (Å²) in [6, 6.07) is 7.04. The highest BCUT2D eigenvalue weighted by molar-refractivity contribution is 5.89. The van der Waals surface area contributed by atoms with Crippen LogP contribution in [0.25, 0.3) is 0 Å². The number of halogens is 1. The van der Waals surface area contributed by atoms with E-state index >= 15 is 0 Å². The standard InChI is InChI=1S/C20H23FN4O2/c1-12(2)17-11-27-20(26)25(17)18-7-8-22-19(24-18)23-10-15-6-5-14(9-16(15)21)13-3-4-13/h5-9,12-13,17H,3-4,10-11H2,1-2H3,(H,22,23,24). The molecule has 6 nitrogen and oxygen atoms in total. The Bertz CT molecular complexity index is 854. The minimum Gasteiger partial charge on any atom is -0.447 e. The van der Waals surface area contributed by atoms with Crippen LogP contribution in [-0.4, -0.2) is 28.7 Å². The maximum atomic E-state index is 14.3. The van der Waals surface area contributed by atoms with Crippen LogP contribution in [0.1, 0.15) is 43.7 Å². The highest BCUT2D eigenvalue weighted by Gasteiger charge is 2.37. The molecular formula is C20H23FN4O2. The predicted octanol–water partition coefficient (Wildman–Crippen LogP) is 4.09. The molecule has 1 saturated carbocycles. The third-order valence-corrected chi connectivity index (χ3v) is 5.13. The lowest BCUT2D eigenvalue weighted by Crippen LogP contribution is -2.37. The van der Waals surface area contributed by atoms with E-state index in [4.69, 9.17) is 4.74 Å². The molecule has 0 bridgehead atoms. The lowest BCUT2D eigenvalue weighted by atomic mass is 10.0. The van der Waals surface area contributed by atoms with E-state index < -0.39 is 6.09 Å². The molecule has 1 aromatic carbocycles. The quantitative estimate of drug-likeness (QED) is 0.830. The molecule has 0 radical (unpaired) electrons. The fraction of sp³-hybridized carbons (Fsp3) is 0.450. The van der Waals surface area contributed by atoms with Gasteiger partial charge in [0.2, 0.25) is 5.95 Å². The molecule has 2 aromatic rings. The van der Waals surface area contributed by atoms with Gasteiger partial charge in [-0.3, -0.25) is 4.90 Å². The summed E-state index contributed by atoms with van der Waals surface area (Å²) in [5, 5.41) is 3.05. The second kappa shape index (κ2) is 7.13. The number of carbonyl (C=O) groups excluding carboxylic acids is 1. The van der Waals surface area contributed by atoms with Crippen LogP contribution in [0.5, 0.6) is 0 Å². The molecule has 0 spiro atoms. The molecule has 2 heterocycles. The van der Waals surface area contributed by atoms with Crippen molar-refractivity contribution in [2.75, 3.05) is 16.8 Å². The van der Waals surface area contributed by atoms with Crippen molar-refractivity contribution < 1.29 is 13.9 Å². The summed E-state index contributed by atoms with van der Waals surface area (Å²) in [7, 11) is 0. The Hall–Kier alpha value is -2.70. The first kappa shape index (κ1) is 17.7. The molecule has 2 aliphatic rings. The van der Waals surface area contributed by atoms with E-state index in [0.29, 0.717) is 29.9 Å². The highest BCUT2D eigenvalue weighted by atomic mass is 19.1. The van der Waals surface area contributed by atoms with Crippen LogP contribution >= 0.6 is 0 Å². The van der Waals surface area contributed by atoms with Gasteiger partial charge < -0.3 is 10.1 Å². The average Bonchev–Trinajstić information content (AvgIpc) is 3.42. The van der Waals surface area contributed by atoms with E-state index in [2.05, 4.69) is 15.3 Å². The van der Waals surface area contributed by atoms with Crippen LogP contribution in [0.4, 0.5) is 21.0 Å². The topological polar surface area (TPSA) is 67.3 Å². The molecule has 1 aliphatic heterocycles. The summed E-state index contributed by atoms with van der Waals surface area (Å²) in [4.78, 5) is 22.2. The lowest BCUT2D eigenvalue weighted by molar-refractivity contribution is 0.177. The molecule has 1 amide bonds. The maximum Gasteiger partial charge on any atom is 0.415 e. The van der Waals surface area contributed by atoms with Crippen molar-refractivity contribution in [3.8, 4) is 0 Å². The Morgan fingerprint density at radius 3 is 2.85 bits per heavy atom. The Morgan fingerprint density at radius 2 is 2.15 bits per heavy atom. The van der Waals surface area contributed by atoms with E-state index in [9.17, 15) is 9.18 Å². The number of carbonyl (C=O) groups is 1. The van der Waals surface area contributed by atoms with Crippen molar-refractivity contribution in [2.24, 2.45) is 5.92 Å². The number of hydrogen-bond donors (Lipinski definition) is 1. The number of ether oxygens (including phenoxy) is 1. The largest absolute Gasteiger partial charge is 0.447 e. The van der Waals surface area contributed by atoms with E-state index in [1.54, 1.807) is 23.2 Å². The van der Waals surface area contributed by atoms with Crippen LogP contribution in [0, 0.1) is 11.7 Å². The zero-order chi connectivity index (χ0) is 19.0. The Morgan fingerprint density at radius 1 is 1.33 bits per heavy atom. The normalized spacial score (nSPS) is 19.5. The van der Waals surface area contributed by atoms with Gasteiger partial charge in [0.1, 0.15) is 18.2 Å². The first-order valence-corrected chi connectivity index (χ1v) is 9.34. The van der Waals surface area contributed by atoms with Crippen molar-refractivity contribution in [3.63, 3.8) is 0 Å². The van der Waals surface area contributed by atoms with Gasteiger partial charge in [0, 0.05) is 18.3 Å². The number of benzene rings is 1. The van der Waals surface area contributed by atoms with Gasteiger partial charge >= 0.3 is 6.09 Å². The minimum absolute atomic E-state index is 0.0623. The molecule has 142 valence electrons. The zero-order valence-electron chi connectivity index (χ0n) is 15.5.